The third kappa shape index (κ3) is 4.32. The maximum Gasteiger partial charge on any atom is 0.512 e. The molecule has 2 amide bonds. The van der Waals surface area contributed by atoms with Crippen molar-refractivity contribution in [2.24, 2.45) is 5.92 Å². The Hall–Kier alpha value is -2.26. The molecule has 5 N–H and O–H groups in total. The first-order valence-electron chi connectivity index (χ1n) is 9.51. The highest BCUT2D eigenvalue weighted by molar-refractivity contribution is 8.23. The van der Waals surface area contributed by atoms with Crippen LogP contribution in [0.1, 0.15) is 23.0 Å². The zero-order chi connectivity index (χ0) is 23.2. The number of ether oxygens (including phenoxy) is 1. The van der Waals surface area contributed by atoms with Crippen molar-refractivity contribution in [2.45, 2.75) is 36.1 Å². The van der Waals surface area contributed by atoms with Crippen molar-refractivity contribution in [1.29, 1.82) is 0 Å². The number of hydrogen-bond donors (Lipinski definition) is 5. The van der Waals surface area contributed by atoms with E-state index in [9.17, 15) is 24.3 Å². The fraction of sp³-hybridized carbons (Fsp3) is 0.444. The molecular formula is C18H19N3O8S3. The Morgan fingerprint density at radius 1 is 1.38 bits per heavy atom. The number of carbonyl (C=O) groups is 4. The number of carboxylic acids is 1. The van der Waals surface area contributed by atoms with Crippen molar-refractivity contribution < 1.29 is 39.2 Å². The molecule has 1 aromatic rings. The molecule has 0 aromatic carbocycles. The lowest BCUT2D eigenvalue weighted by Gasteiger charge is -2.43. The van der Waals surface area contributed by atoms with Crippen LogP contribution in [0.25, 0.3) is 0 Å². The molecule has 1 aromatic heterocycles. The number of nitrogens with one attached hydrogen (secondary N) is 2. The zero-order valence-corrected chi connectivity index (χ0v) is 19.0. The zero-order valence-electron chi connectivity index (χ0n) is 16.5. The monoisotopic (exact) mass is 501 g/mol. The maximum absolute atomic E-state index is 12.5. The molecule has 0 aliphatic carbocycles. The quantitative estimate of drug-likeness (QED) is 0.272. The van der Waals surface area contributed by atoms with E-state index in [1.165, 1.54) is 41.4 Å². The molecular weight excluding hydrogens is 482 g/mol. The number of β-lactam (4-membered cyclic amide) rings is 1. The van der Waals surface area contributed by atoms with Gasteiger partial charge >= 0.3 is 12.1 Å². The summed E-state index contributed by atoms with van der Waals surface area (Å²) >= 11 is 3.61. The van der Waals surface area contributed by atoms with Crippen molar-refractivity contribution in [3.63, 3.8) is 0 Å². The second-order valence-electron chi connectivity index (χ2n) is 7.37. The normalized spacial score (nSPS) is 27.7. The second kappa shape index (κ2) is 8.94. The lowest BCUT2D eigenvalue weighted by Crippen LogP contribution is -2.60. The number of thioether (sulfide) groups is 2. The number of rotatable bonds is 7. The standard InChI is InChI=1S/C18H19N3O8S3/c1-6(22)11-13(24)21-14(29-18(27)28)17(32-15(11)21)31-8-3-9(19-4-8)12(23)20-7-2-10(16(25)26)30-5-7/h2,5-6,8-9,11,15,19,22H,3-4H2,1H3,(H,20,23)(H,25,26)(H,27,28)/t6?,8-,9-,11-,15+/m0/s1. The molecule has 5 atom stereocenters. The minimum atomic E-state index is -1.54. The number of fused-ring (bicyclic) bond motifs is 1. The summed E-state index contributed by atoms with van der Waals surface area (Å²) in [6.07, 6.45) is -1.97. The molecule has 3 aliphatic heterocycles. The van der Waals surface area contributed by atoms with Crippen molar-refractivity contribution in [1.82, 2.24) is 10.2 Å². The van der Waals surface area contributed by atoms with Crippen LogP contribution in [-0.2, 0) is 14.3 Å². The summed E-state index contributed by atoms with van der Waals surface area (Å²) in [5.74, 6) is -2.43. The Kier molecular flexibility index (Phi) is 6.40. The highest BCUT2D eigenvalue weighted by atomic mass is 32.2. The summed E-state index contributed by atoms with van der Waals surface area (Å²) in [5.41, 5.74) is 0.411. The topological polar surface area (TPSA) is 166 Å². The van der Waals surface area contributed by atoms with E-state index < -0.39 is 35.6 Å². The van der Waals surface area contributed by atoms with Crippen LogP contribution in [0, 0.1) is 5.92 Å². The predicted molar refractivity (Wildman–Crippen MR) is 117 cm³/mol. The van der Waals surface area contributed by atoms with Crippen molar-refractivity contribution in [3.8, 4) is 0 Å². The number of aromatic carboxylic acids is 1. The molecule has 4 heterocycles. The third-order valence-electron chi connectivity index (χ3n) is 5.17. The van der Waals surface area contributed by atoms with E-state index in [-0.39, 0.29) is 27.8 Å². The van der Waals surface area contributed by atoms with Gasteiger partial charge in [0.05, 0.1) is 23.8 Å². The first-order chi connectivity index (χ1) is 15.2. The molecule has 0 radical (unpaired) electrons. The van der Waals surface area contributed by atoms with Crippen LogP contribution in [0.2, 0.25) is 0 Å². The van der Waals surface area contributed by atoms with Gasteiger partial charge in [-0.1, -0.05) is 11.8 Å². The molecule has 0 bridgehead atoms. The van der Waals surface area contributed by atoms with Gasteiger partial charge in [0.25, 0.3) is 0 Å². The van der Waals surface area contributed by atoms with Crippen LogP contribution in [0.3, 0.4) is 0 Å². The number of aliphatic hydroxyl groups is 1. The molecule has 4 rings (SSSR count). The summed E-state index contributed by atoms with van der Waals surface area (Å²) < 4.78 is 5.39. The number of nitrogens with zero attached hydrogens (tertiary/aromatic N) is 1. The van der Waals surface area contributed by atoms with Gasteiger partial charge in [-0.3, -0.25) is 14.5 Å². The summed E-state index contributed by atoms with van der Waals surface area (Å²) in [6, 6.07) is 0.877. The largest absolute Gasteiger partial charge is 0.512 e. The average Bonchev–Trinajstić information content (AvgIpc) is 3.40. The molecule has 2 saturated heterocycles. The lowest BCUT2D eigenvalue weighted by molar-refractivity contribution is -0.155. The fourth-order valence-electron chi connectivity index (χ4n) is 3.67. The van der Waals surface area contributed by atoms with E-state index in [1.807, 2.05) is 0 Å². The number of anilines is 1. The minimum absolute atomic E-state index is 0.0493. The Balaban J connectivity index is 1.39. The van der Waals surface area contributed by atoms with Crippen LogP contribution in [0.15, 0.2) is 21.6 Å². The third-order valence-corrected chi connectivity index (χ3v) is 8.88. The summed E-state index contributed by atoms with van der Waals surface area (Å²) in [6.45, 7) is 1.98. The van der Waals surface area contributed by atoms with Gasteiger partial charge in [-0.25, -0.2) is 9.59 Å². The van der Waals surface area contributed by atoms with Crippen molar-refractivity contribution >= 4 is 64.5 Å². The molecule has 14 heteroatoms. The van der Waals surface area contributed by atoms with Crippen LogP contribution >= 0.6 is 34.9 Å². The molecule has 0 spiro atoms. The Morgan fingerprint density at radius 3 is 2.75 bits per heavy atom. The van der Waals surface area contributed by atoms with E-state index in [0.717, 1.165) is 11.3 Å². The molecule has 3 aliphatic rings. The Bertz CT molecular complexity index is 1010. The number of hydrogen-bond acceptors (Lipinski definition) is 10. The SMILES string of the molecule is CC(O)[C@H]1C(=O)N2C(OC(=O)O)=C(S[C@@H]3CN[C@H](C(=O)Nc4csc(C(=O)O)c4)C3)S[C@H]12. The van der Waals surface area contributed by atoms with E-state index in [1.54, 1.807) is 5.38 Å². The second-order valence-corrected chi connectivity index (χ2v) is 11.0. The van der Waals surface area contributed by atoms with Gasteiger partial charge < -0.3 is 30.7 Å². The highest BCUT2D eigenvalue weighted by Crippen LogP contribution is 2.55. The molecule has 11 nitrogen and oxygen atoms in total. The van der Waals surface area contributed by atoms with Crippen LogP contribution in [-0.4, -0.2) is 73.5 Å². The highest BCUT2D eigenvalue weighted by Gasteiger charge is 2.58. The molecule has 172 valence electrons. The molecule has 32 heavy (non-hydrogen) atoms. The summed E-state index contributed by atoms with van der Waals surface area (Å²) in [5, 5.41) is 34.7. The van der Waals surface area contributed by atoms with Crippen molar-refractivity contribution in [3.05, 3.63) is 26.4 Å². The number of carbonyl (C=O) groups excluding carboxylic acids is 2. The fourth-order valence-corrected chi connectivity index (χ4v) is 7.54. The summed E-state index contributed by atoms with van der Waals surface area (Å²) in [4.78, 5) is 48.4. The molecule has 2 fully saturated rings. The lowest BCUT2D eigenvalue weighted by atomic mass is 9.93. The van der Waals surface area contributed by atoms with Gasteiger partial charge in [0.15, 0.2) is 0 Å². The minimum Gasteiger partial charge on any atom is -0.477 e. The van der Waals surface area contributed by atoms with Gasteiger partial charge in [-0.2, -0.15) is 0 Å². The average molecular weight is 502 g/mol. The van der Waals surface area contributed by atoms with Crippen LogP contribution in [0.5, 0.6) is 0 Å². The van der Waals surface area contributed by atoms with Gasteiger partial charge in [0.1, 0.15) is 14.5 Å². The first-order valence-corrected chi connectivity index (χ1v) is 12.1. The van der Waals surface area contributed by atoms with E-state index in [4.69, 9.17) is 14.9 Å². The number of thiophene rings is 1. The van der Waals surface area contributed by atoms with Gasteiger partial charge in [0.2, 0.25) is 17.7 Å². The maximum atomic E-state index is 12.5. The van der Waals surface area contributed by atoms with Gasteiger partial charge in [-0.05, 0) is 19.4 Å². The van der Waals surface area contributed by atoms with Gasteiger partial charge in [-0.15, -0.1) is 23.1 Å². The number of carboxylic acid groups (broad SMARTS) is 2. The van der Waals surface area contributed by atoms with Gasteiger partial charge in [0, 0.05) is 17.2 Å². The smallest absolute Gasteiger partial charge is 0.477 e. The van der Waals surface area contributed by atoms with E-state index in [0.29, 0.717) is 22.9 Å². The van der Waals surface area contributed by atoms with Crippen LogP contribution in [0.4, 0.5) is 10.5 Å². The first kappa shape index (κ1) is 22.9. The van der Waals surface area contributed by atoms with Crippen LogP contribution < -0.4 is 10.6 Å². The summed E-state index contributed by atoms with van der Waals surface area (Å²) in [7, 11) is 0. The number of amides is 2. The molecule has 1 unspecified atom stereocenters. The number of aliphatic hydroxyl groups excluding tert-OH is 1. The van der Waals surface area contributed by atoms with E-state index in [2.05, 4.69) is 10.6 Å². The Labute approximate surface area is 194 Å². The Morgan fingerprint density at radius 2 is 2.12 bits per heavy atom. The van der Waals surface area contributed by atoms with E-state index >= 15 is 0 Å². The molecule has 0 saturated carbocycles. The predicted octanol–water partition coefficient (Wildman–Crippen LogP) is 1.58. The van der Waals surface area contributed by atoms with Crippen molar-refractivity contribution in [2.75, 3.05) is 11.9 Å².